The van der Waals surface area contributed by atoms with Crippen LogP contribution >= 0.6 is 11.3 Å². The molecular formula is C18H13FN2O2S. The van der Waals surface area contributed by atoms with Crippen LogP contribution in [0.25, 0.3) is 15.7 Å². The van der Waals surface area contributed by atoms with Gasteiger partial charge in [0.2, 0.25) is 0 Å². The first-order valence-corrected chi connectivity index (χ1v) is 8.20. The molecule has 0 saturated carbocycles. The molecule has 0 radical (unpaired) electrons. The summed E-state index contributed by atoms with van der Waals surface area (Å²) in [5.74, 6) is -0.745. The van der Waals surface area contributed by atoms with Gasteiger partial charge in [0, 0.05) is 17.1 Å². The average Bonchev–Trinajstić information content (AvgIpc) is 3.15. The van der Waals surface area contributed by atoms with E-state index in [0.29, 0.717) is 16.0 Å². The number of carbonyl (C=O) groups is 1. The van der Waals surface area contributed by atoms with Crippen LogP contribution in [0.15, 0.2) is 48.8 Å². The van der Waals surface area contributed by atoms with Crippen LogP contribution in [0, 0.1) is 12.7 Å². The number of nitrogens with zero attached hydrogens (tertiary/aromatic N) is 2. The normalized spacial score (nSPS) is 11.2. The standard InChI is InChI=1S/C18H13FN2O2S/c1-11-2-5-17-20-14(9-21(17)8-11)10-23-18(22)16-7-12-6-13(19)3-4-15(12)24-16/h2-9H,10H2,1H3. The monoisotopic (exact) mass is 340 g/mol. The Morgan fingerprint density at radius 1 is 1.25 bits per heavy atom. The topological polar surface area (TPSA) is 43.6 Å². The van der Waals surface area contributed by atoms with E-state index in [9.17, 15) is 9.18 Å². The first-order valence-electron chi connectivity index (χ1n) is 7.39. The molecule has 0 unspecified atom stereocenters. The SMILES string of the molecule is Cc1ccc2nc(COC(=O)c3cc4cc(F)ccc4s3)cn2c1. The molecule has 0 aliphatic carbocycles. The van der Waals surface area contributed by atoms with Crippen molar-refractivity contribution >= 4 is 33.0 Å². The maximum absolute atomic E-state index is 13.2. The summed E-state index contributed by atoms with van der Waals surface area (Å²) in [5.41, 5.74) is 2.62. The number of thiophene rings is 1. The molecule has 0 fully saturated rings. The lowest BCUT2D eigenvalue weighted by atomic mass is 10.2. The smallest absolute Gasteiger partial charge is 0.348 e. The number of pyridine rings is 1. The van der Waals surface area contributed by atoms with E-state index in [0.717, 1.165) is 15.9 Å². The summed E-state index contributed by atoms with van der Waals surface area (Å²) >= 11 is 1.29. The molecule has 3 aromatic heterocycles. The molecule has 3 heterocycles. The van der Waals surface area contributed by atoms with Crippen LogP contribution in [-0.4, -0.2) is 15.4 Å². The van der Waals surface area contributed by atoms with Gasteiger partial charge >= 0.3 is 5.97 Å². The van der Waals surface area contributed by atoms with Crippen LogP contribution in [0.2, 0.25) is 0 Å². The Morgan fingerprint density at radius 2 is 2.12 bits per heavy atom. The Balaban J connectivity index is 1.52. The molecule has 0 aliphatic heterocycles. The second-order valence-corrected chi connectivity index (χ2v) is 6.66. The summed E-state index contributed by atoms with van der Waals surface area (Å²) in [4.78, 5) is 17.1. The minimum Gasteiger partial charge on any atom is -0.455 e. The molecule has 120 valence electrons. The van der Waals surface area contributed by atoms with Gasteiger partial charge in [-0.3, -0.25) is 0 Å². The average molecular weight is 340 g/mol. The maximum atomic E-state index is 13.2. The van der Waals surface area contributed by atoms with Crippen molar-refractivity contribution in [3.8, 4) is 0 Å². The van der Waals surface area contributed by atoms with Crippen molar-refractivity contribution in [1.29, 1.82) is 0 Å². The molecule has 4 aromatic rings. The lowest BCUT2D eigenvalue weighted by Crippen LogP contribution is -2.03. The predicted molar refractivity (Wildman–Crippen MR) is 90.8 cm³/mol. The number of aryl methyl sites for hydroxylation is 1. The molecule has 0 aliphatic rings. The molecule has 6 heteroatoms. The van der Waals surface area contributed by atoms with E-state index in [1.165, 1.54) is 23.5 Å². The van der Waals surface area contributed by atoms with Crippen LogP contribution < -0.4 is 0 Å². The van der Waals surface area contributed by atoms with Gasteiger partial charge in [-0.1, -0.05) is 6.07 Å². The molecule has 24 heavy (non-hydrogen) atoms. The zero-order valence-electron chi connectivity index (χ0n) is 12.8. The van der Waals surface area contributed by atoms with Gasteiger partial charge in [-0.15, -0.1) is 11.3 Å². The number of fused-ring (bicyclic) bond motifs is 2. The van der Waals surface area contributed by atoms with Crippen LogP contribution in [0.5, 0.6) is 0 Å². The second kappa shape index (κ2) is 5.72. The minimum atomic E-state index is -0.426. The van der Waals surface area contributed by atoms with Crippen molar-refractivity contribution in [1.82, 2.24) is 9.38 Å². The third-order valence-corrected chi connectivity index (χ3v) is 4.78. The first kappa shape index (κ1) is 14.8. The molecule has 0 amide bonds. The molecule has 0 atom stereocenters. The van der Waals surface area contributed by atoms with Gasteiger partial charge in [0.05, 0.1) is 5.69 Å². The van der Waals surface area contributed by atoms with Crippen molar-refractivity contribution < 1.29 is 13.9 Å². The van der Waals surface area contributed by atoms with Gasteiger partial charge in [0.15, 0.2) is 0 Å². The molecule has 4 rings (SSSR count). The zero-order chi connectivity index (χ0) is 16.7. The van der Waals surface area contributed by atoms with Gasteiger partial charge in [0.1, 0.15) is 22.9 Å². The highest BCUT2D eigenvalue weighted by molar-refractivity contribution is 7.20. The Bertz CT molecular complexity index is 1070. The minimum absolute atomic E-state index is 0.0994. The molecule has 4 nitrogen and oxygen atoms in total. The van der Waals surface area contributed by atoms with Gasteiger partial charge in [-0.05, 0) is 48.2 Å². The summed E-state index contributed by atoms with van der Waals surface area (Å²) in [5, 5.41) is 0.704. The van der Waals surface area contributed by atoms with Crippen molar-refractivity contribution in [2.24, 2.45) is 0 Å². The number of benzene rings is 1. The van der Waals surface area contributed by atoms with Crippen molar-refractivity contribution in [3.63, 3.8) is 0 Å². The molecule has 0 saturated heterocycles. The van der Waals surface area contributed by atoms with Crippen LogP contribution in [-0.2, 0) is 11.3 Å². The van der Waals surface area contributed by atoms with E-state index in [2.05, 4.69) is 4.98 Å². The summed E-state index contributed by atoms with van der Waals surface area (Å²) in [7, 11) is 0. The van der Waals surface area contributed by atoms with Crippen molar-refractivity contribution in [2.75, 3.05) is 0 Å². The van der Waals surface area contributed by atoms with Crippen LogP contribution in [0.1, 0.15) is 20.9 Å². The van der Waals surface area contributed by atoms with E-state index in [1.807, 2.05) is 35.9 Å². The second-order valence-electron chi connectivity index (χ2n) is 5.57. The highest BCUT2D eigenvalue weighted by atomic mass is 32.1. The van der Waals surface area contributed by atoms with Crippen LogP contribution in [0.4, 0.5) is 4.39 Å². The Hall–Kier alpha value is -2.73. The molecule has 1 aromatic carbocycles. The number of hydrogen-bond donors (Lipinski definition) is 0. The number of carbonyl (C=O) groups excluding carboxylic acids is 1. The number of halogens is 1. The number of hydrogen-bond acceptors (Lipinski definition) is 4. The van der Waals surface area contributed by atoms with E-state index >= 15 is 0 Å². The van der Waals surface area contributed by atoms with E-state index < -0.39 is 5.97 Å². The Kier molecular flexibility index (Phi) is 3.54. The molecular weight excluding hydrogens is 327 g/mol. The third-order valence-electron chi connectivity index (χ3n) is 3.68. The third kappa shape index (κ3) is 2.76. The van der Waals surface area contributed by atoms with E-state index in [-0.39, 0.29) is 12.4 Å². The van der Waals surface area contributed by atoms with Gasteiger partial charge in [-0.25, -0.2) is 14.2 Å². The van der Waals surface area contributed by atoms with Gasteiger partial charge < -0.3 is 9.14 Å². The first-order chi connectivity index (χ1) is 11.6. The highest BCUT2D eigenvalue weighted by Crippen LogP contribution is 2.27. The molecule has 0 N–H and O–H groups in total. The Labute approximate surface area is 141 Å². The number of imidazole rings is 1. The molecule has 0 spiro atoms. The van der Waals surface area contributed by atoms with Crippen molar-refractivity contribution in [3.05, 3.63) is 70.7 Å². The summed E-state index contributed by atoms with van der Waals surface area (Å²) in [6, 6.07) is 10.0. The lowest BCUT2D eigenvalue weighted by Gasteiger charge is -1.99. The van der Waals surface area contributed by atoms with Crippen LogP contribution in [0.3, 0.4) is 0 Å². The fourth-order valence-corrected chi connectivity index (χ4v) is 3.49. The summed E-state index contributed by atoms with van der Waals surface area (Å²) in [6.45, 7) is 2.10. The van der Waals surface area contributed by atoms with E-state index in [4.69, 9.17) is 4.74 Å². The number of ether oxygens (including phenoxy) is 1. The Morgan fingerprint density at radius 3 is 3.00 bits per heavy atom. The fraction of sp³-hybridized carbons (Fsp3) is 0.111. The number of esters is 1. The quantitative estimate of drug-likeness (QED) is 0.521. The summed E-state index contributed by atoms with van der Waals surface area (Å²) < 4.78 is 21.3. The maximum Gasteiger partial charge on any atom is 0.348 e. The predicted octanol–water partition coefficient (Wildman–Crippen LogP) is 4.35. The highest BCUT2D eigenvalue weighted by Gasteiger charge is 2.13. The summed E-state index contributed by atoms with van der Waals surface area (Å²) in [6.07, 6.45) is 3.81. The zero-order valence-corrected chi connectivity index (χ0v) is 13.6. The van der Waals surface area contributed by atoms with Gasteiger partial charge in [0.25, 0.3) is 0 Å². The van der Waals surface area contributed by atoms with Gasteiger partial charge in [-0.2, -0.15) is 0 Å². The lowest BCUT2D eigenvalue weighted by molar-refractivity contribution is 0.0474. The number of aromatic nitrogens is 2. The number of rotatable bonds is 3. The largest absolute Gasteiger partial charge is 0.455 e. The molecule has 0 bridgehead atoms. The van der Waals surface area contributed by atoms with E-state index in [1.54, 1.807) is 12.1 Å². The fourth-order valence-electron chi connectivity index (χ4n) is 2.55. The van der Waals surface area contributed by atoms with Crippen molar-refractivity contribution in [2.45, 2.75) is 13.5 Å².